The summed E-state index contributed by atoms with van der Waals surface area (Å²) in [6.45, 7) is 2.08. The highest BCUT2D eigenvalue weighted by molar-refractivity contribution is 6.12. The van der Waals surface area contributed by atoms with Crippen molar-refractivity contribution in [2.45, 2.75) is 13.3 Å². The summed E-state index contributed by atoms with van der Waals surface area (Å²) < 4.78 is 4.82. The average Bonchev–Trinajstić information content (AvgIpc) is 2.77. The maximum absolute atomic E-state index is 11.9. The van der Waals surface area contributed by atoms with Gasteiger partial charge >= 0.3 is 5.97 Å². The van der Waals surface area contributed by atoms with Gasteiger partial charge in [0.25, 0.3) is 0 Å². The number of nitrogens with zero attached hydrogens (tertiary/aromatic N) is 1. The van der Waals surface area contributed by atoms with E-state index in [0.29, 0.717) is 28.2 Å². The molecular weight excluding hydrogens is 376 g/mol. The van der Waals surface area contributed by atoms with Crippen LogP contribution in [0.25, 0.3) is 6.08 Å². The van der Waals surface area contributed by atoms with Crippen LogP contribution < -0.4 is 11.1 Å². The normalized spacial score (nSPS) is 10.7. The number of benzene rings is 2. The second-order valence-corrected chi connectivity index (χ2v) is 6.66. The van der Waals surface area contributed by atoms with E-state index in [2.05, 4.69) is 17.2 Å². The molecule has 1 heterocycles. The van der Waals surface area contributed by atoms with Crippen molar-refractivity contribution in [3.05, 3.63) is 89.3 Å². The number of nitrogens with two attached hydrogens (primary N) is 1. The van der Waals surface area contributed by atoms with Crippen molar-refractivity contribution in [3.8, 4) is 0 Å². The van der Waals surface area contributed by atoms with E-state index in [4.69, 9.17) is 15.9 Å². The van der Waals surface area contributed by atoms with Crippen LogP contribution in [0.5, 0.6) is 0 Å². The molecule has 152 valence electrons. The highest BCUT2D eigenvalue weighted by atomic mass is 16.5. The molecule has 4 N–H and O–H groups in total. The van der Waals surface area contributed by atoms with Crippen molar-refractivity contribution < 1.29 is 9.53 Å². The summed E-state index contributed by atoms with van der Waals surface area (Å²) in [5.74, 6) is -0.421. The monoisotopic (exact) mass is 400 g/mol. The Morgan fingerprint density at radius 2 is 1.97 bits per heavy atom. The summed E-state index contributed by atoms with van der Waals surface area (Å²) in [6.07, 6.45) is 6.25. The molecule has 0 aliphatic rings. The minimum atomic E-state index is -0.421. The van der Waals surface area contributed by atoms with Gasteiger partial charge in [0.2, 0.25) is 0 Å². The third-order valence-electron chi connectivity index (χ3n) is 4.63. The molecule has 0 aliphatic carbocycles. The zero-order valence-corrected chi connectivity index (χ0v) is 17.0. The van der Waals surface area contributed by atoms with Crippen molar-refractivity contribution in [3.63, 3.8) is 0 Å². The van der Waals surface area contributed by atoms with Gasteiger partial charge in [0, 0.05) is 23.1 Å². The predicted octanol–water partition coefficient (Wildman–Crippen LogP) is 4.84. The van der Waals surface area contributed by atoms with Gasteiger partial charge in [-0.25, -0.2) is 4.79 Å². The average molecular weight is 400 g/mol. The standard InChI is InChI=1S/C24H24N4O2/c1-3-16-8-9-17(27-15-16)11-13-21(25)19-12-10-18(14-22(19)26)28-23-7-5-4-6-20(23)24(29)30-2/h4-15,25,28H,3,26H2,1-2H3/b13-11+,25-21?. The van der Waals surface area contributed by atoms with E-state index in [9.17, 15) is 4.79 Å². The lowest BCUT2D eigenvalue weighted by atomic mass is 10.1. The number of carbonyl (C=O) groups excluding carboxylic acids is 1. The van der Waals surface area contributed by atoms with E-state index in [-0.39, 0.29) is 5.71 Å². The third-order valence-corrected chi connectivity index (χ3v) is 4.63. The number of ether oxygens (including phenoxy) is 1. The molecule has 6 heteroatoms. The lowest BCUT2D eigenvalue weighted by Crippen LogP contribution is -2.06. The minimum Gasteiger partial charge on any atom is -0.465 e. The third kappa shape index (κ3) is 4.91. The van der Waals surface area contributed by atoms with Crippen LogP contribution >= 0.6 is 0 Å². The van der Waals surface area contributed by atoms with E-state index in [1.165, 1.54) is 12.7 Å². The first-order valence-corrected chi connectivity index (χ1v) is 9.57. The summed E-state index contributed by atoms with van der Waals surface area (Å²) >= 11 is 0. The number of pyridine rings is 1. The number of aromatic nitrogens is 1. The molecule has 0 radical (unpaired) electrons. The number of nitrogens with one attached hydrogen (secondary N) is 2. The Balaban J connectivity index is 1.76. The molecule has 0 saturated carbocycles. The van der Waals surface area contributed by atoms with Gasteiger partial charge in [-0.2, -0.15) is 0 Å². The SMILES string of the molecule is CCc1ccc(/C=C/C(=N)c2ccc(Nc3ccccc3C(=O)OC)cc2N)nc1. The maximum atomic E-state index is 11.9. The second-order valence-electron chi connectivity index (χ2n) is 6.66. The maximum Gasteiger partial charge on any atom is 0.339 e. The Hall–Kier alpha value is -3.93. The molecule has 0 aliphatic heterocycles. The van der Waals surface area contributed by atoms with Gasteiger partial charge in [-0.05, 0) is 60.5 Å². The zero-order valence-electron chi connectivity index (χ0n) is 17.0. The summed E-state index contributed by atoms with van der Waals surface area (Å²) in [5.41, 5.74) is 11.3. The smallest absolute Gasteiger partial charge is 0.339 e. The minimum absolute atomic E-state index is 0.287. The van der Waals surface area contributed by atoms with Gasteiger partial charge < -0.3 is 21.2 Å². The number of anilines is 3. The first kappa shape index (κ1) is 20.8. The van der Waals surface area contributed by atoms with Gasteiger partial charge in [-0.3, -0.25) is 4.98 Å². The zero-order chi connectivity index (χ0) is 21.5. The van der Waals surface area contributed by atoms with E-state index in [1.807, 2.05) is 30.5 Å². The molecule has 0 bridgehead atoms. The first-order valence-electron chi connectivity index (χ1n) is 9.57. The Morgan fingerprint density at radius 1 is 1.17 bits per heavy atom. The molecule has 0 spiro atoms. The lowest BCUT2D eigenvalue weighted by Gasteiger charge is -2.12. The number of para-hydroxylation sites is 1. The largest absolute Gasteiger partial charge is 0.465 e. The van der Waals surface area contributed by atoms with E-state index >= 15 is 0 Å². The number of methoxy groups -OCH3 is 1. The Bertz CT molecular complexity index is 1090. The van der Waals surface area contributed by atoms with Crippen molar-refractivity contribution in [1.29, 1.82) is 5.41 Å². The fraction of sp³-hybridized carbons (Fsp3) is 0.125. The molecular formula is C24H24N4O2. The van der Waals surface area contributed by atoms with E-state index < -0.39 is 5.97 Å². The van der Waals surface area contributed by atoms with Gasteiger partial charge in [-0.1, -0.05) is 25.1 Å². The molecule has 0 fully saturated rings. The summed E-state index contributed by atoms with van der Waals surface area (Å²) in [7, 11) is 1.35. The summed E-state index contributed by atoms with van der Waals surface area (Å²) in [6, 6.07) is 16.4. The van der Waals surface area contributed by atoms with Crippen LogP contribution in [-0.2, 0) is 11.2 Å². The van der Waals surface area contributed by atoms with E-state index in [0.717, 1.165) is 12.1 Å². The highest BCUT2D eigenvalue weighted by Crippen LogP contribution is 2.25. The quantitative estimate of drug-likeness (QED) is 0.299. The van der Waals surface area contributed by atoms with Crippen LogP contribution in [0.4, 0.5) is 17.1 Å². The number of esters is 1. The van der Waals surface area contributed by atoms with Crippen LogP contribution in [0, 0.1) is 5.41 Å². The van der Waals surface area contributed by atoms with E-state index in [1.54, 1.807) is 42.5 Å². The molecule has 0 unspecified atom stereocenters. The number of nitrogen functional groups attached to an aromatic ring is 1. The molecule has 6 nitrogen and oxygen atoms in total. The van der Waals surface area contributed by atoms with Crippen molar-refractivity contribution in [2.24, 2.45) is 0 Å². The fourth-order valence-corrected chi connectivity index (χ4v) is 2.92. The molecule has 2 aromatic carbocycles. The topological polar surface area (TPSA) is 101 Å². The number of hydrogen-bond acceptors (Lipinski definition) is 6. The summed E-state index contributed by atoms with van der Waals surface area (Å²) in [4.78, 5) is 16.3. The first-order chi connectivity index (χ1) is 14.5. The molecule has 0 atom stereocenters. The predicted molar refractivity (Wildman–Crippen MR) is 121 cm³/mol. The van der Waals surface area contributed by atoms with Crippen molar-refractivity contribution in [2.75, 3.05) is 18.2 Å². The molecule has 0 amide bonds. The van der Waals surface area contributed by atoms with Gasteiger partial charge in [0.1, 0.15) is 0 Å². The molecule has 30 heavy (non-hydrogen) atoms. The number of carbonyl (C=O) groups is 1. The molecule has 3 aromatic rings. The number of allylic oxidation sites excluding steroid dienone is 1. The van der Waals surface area contributed by atoms with Crippen LogP contribution in [0.15, 0.2) is 66.9 Å². The summed E-state index contributed by atoms with van der Waals surface area (Å²) in [5, 5.41) is 11.5. The highest BCUT2D eigenvalue weighted by Gasteiger charge is 2.12. The van der Waals surface area contributed by atoms with Crippen molar-refractivity contribution in [1.82, 2.24) is 4.98 Å². The van der Waals surface area contributed by atoms with Crippen LogP contribution in [0.3, 0.4) is 0 Å². The van der Waals surface area contributed by atoms with Crippen LogP contribution in [0.1, 0.15) is 34.1 Å². The number of hydrogen-bond donors (Lipinski definition) is 3. The van der Waals surface area contributed by atoms with Gasteiger partial charge in [0.05, 0.1) is 29.8 Å². The van der Waals surface area contributed by atoms with Gasteiger partial charge in [0.15, 0.2) is 0 Å². The van der Waals surface area contributed by atoms with Gasteiger partial charge in [-0.15, -0.1) is 0 Å². The van der Waals surface area contributed by atoms with Crippen molar-refractivity contribution >= 4 is 34.8 Å². The Morgan fingerprint density at radius 3 is 2.63 bits per heavy atom. The second kappa shape index (κ2) is 9.52. The lowest BCUT2D eigenvalue weighted by molar-refractivity contribution is 0.0602. The van der Waals surface area contributed by atoms with Crippen LogP contribution in [0.2, 0.25) is 0 Å². The molecule has 1 aromatic heterocycles. The van der Waals surface area contributed by atoms with Crippen LogP contribution in [-0.4, -0.2) is 23.8 Å². The fourth-order valence-electron chi connectivity index (χ4n) is 2.92. The molecule has 3 rings (SSSR count). The number of aryl methyl sites for hydroxylation is 1. The Kier molecular flexibility index (Phi) is 6.60. The Labute approximate surface area is 175 Å². The number of rotatable bonds is 7. The molecule has 0 saturated heterocycles.